The van der Waals surface area contributed by atoms with Crippen LogP contribution in [-0.4, -0.2) is 11.2 Å². The molecule has 3 rings (SSSR count). The van der Waals surface area contributed by atoms with Crippen molar-refractivity contribution >= 4 is 22.6 Å². The number of amides is 1. The molecular formula is C17H13NO3. The number of rotatable bonds is 2. The highest BCUT2D eigenvalue weighted by Gasteiger charge is 2.08. The molecule has 21 heavy (non-hydrogen) atoms. The first-order valence-corrected chi connectivity index (χ1v) is 6.48. The Morgan fingerprint density at radius 3 is 2.57 bits per heavy atom. The first kappa shape index (κ1) is 13.0. The fraction of sp³-hybridized carbons (Fsp3) is 0. The minimum absolute atomic E-state index is 0.146. The van der Waals surface area contributed by atoms with Crippen molar-refractivity contribution in [1.29, 1.82) is 0 Å². The minimum Gasteiger partial charge on any atom is -0.508 e. The number of fused-ring (bicyclic) bond motifs is 1. The van der Waals surface area contributed by atoms with Crippen LogP contribution in [0.3, 0.4) is 0 Å². The second-order valence-corrected chi connectivity index (χ2v) is 4.54. The average molecular weight is 279 g/mol. The van der Waals surface area contributed by atoms with Gasteiger partial charge in [0.05, 0.1) is 5.69 Å². The molecule has 0 aliphatic carbocycles. The highest BCUT2D eigenvalue weighted by Crippen LogP contribution is 2.27. The zero-order chi connectivity index (χ0) is 14.7. The average Bonchev–Trinajstić information content (AvgIpc) is 2.49. The lowest BCUT2D eigenvalue weighted by molar-refractivity contribution is 0.215. The molecule has 0 bridgehead atoms. The maximum Gasteiger partial charge on any atom is 0.417 e. The first-order valence-electron chi connectivity index (χ1n) is 6.48. The molecule has 104 valence electrons. The lowest BCUT2D eigenvalue weighted by Crippen LogP contribution is -2.16. The van der Waals surface area contributed by atoms with Crippen LogP contribution in [0.25, 0.3) is 10.8 Å². The molecule has 0 aromatic heterocycles. The molecule has 1 amide bonds. The van der Waals surface area contributed by atoms with Gasteiger partial charge in [0.2, 0.25) is 0 Å². The number of hydrogen-bond donors (Lipinski definition) is 2. The van der Waals surface area contributed by atoms with Gasteiger partial charge in [0.15, 0.2) is 0 Å². The number of carbonyl (C=O) groups is 1. The molecule has 4 nitrogen and oxygen atoms in total. The number of nitrogens with one attached hydrogen (secondary N) is 1. The number of hydrogen-bond acceptors (Lipinski definition) is 3. The number of aromatic hydroxyl groups is 1. The van der Waals surface area contributed by atoms with E-state index in [1.54, 1.807) is 48.5 Å². The SMILES string of the molecule is O=C(Nc1cccc2ccc(O)cc12)Oc1ccccc1. The van der Waals surface area contributed by atoms with Crippen molar-refractivity contribution in [2.24, 2.45) is 0 Å². The summed E-state index contributed by atoms with van der Waals surface area (Å²) in [5.41, 5.74) is 0.587. The number of benzene rings is 3. The third kappa shape index (κ3) is 2.95. The van der Waals surface area contributed by atoms with Gasteiger partial charge in [-0.25, -0.2) is 4.79 Å². The number of para-hydroxylation sites is 1. The lowest BCUT2D eigenvalue weighted by Gasteiger charge is -2.09. The zero-order valence-electron chi connectivity index (χ0n) is 11.1. The van der Waals surface area contributed by atoms with Crippen LogP contribution in [0, 0.1) is 0 Å². The minimum atomic E-state index is -0.572. The van der Waals surface area contributed by atoms with E-state index in [2.05, 4.69) is 5.32 Å². The molecular weight excluding hydrogens is 266 g/mol. The van der Waals surface area contributed by atoms with Gasteiger partial charge in [0.1, 0.15) is 11.5 Å². The van der Waals surface area contributed by atoms with E-state index in [9.17, 15) is 9.90 Å². The van der Waals surface area contributed by atoms with Gasteiger partial charge < -0.3 is 9.84 Å². The molecule has 3 aromatic rings. The third-order valence-corrected chi connectivity index (χ3v) is 3.06. The molecule has 0 unspecified atom stereocenters. The third-order valence-electron chi connectivity index (χ3n) is 3.06. The Morgan fingerprint density at radius 2 is 1.76 bits per heavy atom. The van der Waals surface area contributed by atoms with Crippen LogP contribution >= 0.6 is 0 Å². The monoisotopic (exact) mass is 279 g/mol. The summed E-state index contributed by atoms with van der Waals surface area (Å²) >= 11 is 0. The van der Waals surface area contributed by atoms with Gasteiger partial charge in [0, 0.05) is 5.39 Å². The van der Waals surface area contributed by atoms with Crippen molar-refractivity contribution in [2.75, 3.05) is 5.32 Å². The quantitative estimate of drug-likeness (QED) is 0.740. The smallest absolute Gasteiger partial charge is 0.417 e. The summed E-state index contributed by atoms with van der Waals surface area (Å²) in [5, 5.41) is 13.9. The highest BCUT2D eigenvalue weighted by atomic mass is 16.6. The van der Waals surface area contributed by atoms with Crippen molar-refractivity contribution in [3.8, 4) is 11.5 Å². The predicted molar refractivity (Wildman–Crippen MR) is 81.7 cm³/mol. The molecule has 0 heterocycles. The van der Waals surface area contributed by atoms with E-state index in [1.807, 2.05) is 18.2 Å². The van der Waals surface area contributed by atoms with E-state index in [-0.39, 0.29) is 5.75 Å². The maximum absolute atomic E-state index is 11.9. The van der Waals surface area contributed by atoms with Crippen LogP contribution < -0.4 is 10.1 Å². The molecule has 0 saturated heterocycles. The number of phenolic OH excluding ortho intramolecular Hbond substituents is 1. The van der Waals surface area contributed by atoms with E-state index in [4.69, 9.17) is 4.74 Å². The number of carbonyl (C=O) groups excluding carboxylic acids is 1. The Balaban J connectivity index is 1.84. The van der Waals surface area contributed by atoms with Crippen molar-refractivity contribution < 1.29 is 14.6 Å². The van der Waals surface area contributed by atoms with Crippen LogP contribution in [0.4, 0.5) is 10.5 Å². The summed E-state index contributed by atoms with van der Waals surface area (Å²) in [6, 6.07) is 19.3. The van der Waals surface area contributed by atoms with E-state index in [0.717, 1.165) is 10.8 Å². The molecule has 0 fully saturated rings. The second-order valence-electron chi connectivity index (χ2n) is 4.54. The molecule has 0 atom stereocenters. The zero-order valence-corrected chi connectivity index (χ0v) is 11.1. The second kappa shape index (κ2) is 5.54. The van der Waals surface area contributed by atoms with Crippen molar-refractivity contribution in [3.05, 3.63) is 66.7 Å². The van der Waals surface area contributed by atoms with E-state index in [1.165, 1.54) is 0 Å². The van der Waals surface area contributed by atoms with E-state index in [0.29, 0.717) is 11.4 Å². The molecule has 0 radical (unpaired) electrons. The van der Waals surface area contributed by atoms with E-state index >= 15 is 0 Å². The Morgan fingerprint density at radius 1 is 0.952 bits per heavy atom. The summed E-state index contributed by atoms with van der Waals surface area (Å²) in [4.78, 5) is 11.9. The van der Waals surface area contributed by atoms with Gasteiger partial charge in [0.25, 0.3) is 0 Å². The summed E-state index contributed by atoms with van der Waals surface area (Å²) in [5.74, 6) is 0.617. The van der Waals surface area contributed by atoms with E-state index < -0.39 is 6.09 Å². The van der Waals surface area contributed by atoms with Crippen LogP contribution in [0.15, 0.2) is 66.7 Å². The van der Waals surface area contributed by atoms with Gasteiger partial charge >= 0.3 is 6.09 Å². The first-order chi connectivity index (χ1) is 10.2. The summed E-state index contributed by atoms with van der Waals surface area (Å²) < 4.78 is 5.18. The largest absolute Gasteiger partial charge is 0.508 e. The molecule has 4 heteroatoms. The Bertz CT molecular complexity index is 784. The molecule has 3 aromatic carbocycles. The van der Waals surface area contributed by atoms with Gasteiger partial charge in [-0.15, -0.1) is 0 Å². The Kier molecular flexibility index (Phi) is 3.43. The number of phenols is 1. The Hall–Kier alpha value is -3.01. The Labute approximate surface area is 121 Å². The van der Waals surface area contributed by atoms with Crippen molar-refractivity contribution in [3.63, 3.8) is 0 Å². The van der Waals surface area contributed by atoms with Crippen molar-refractivity contribution in [1.82, 2.24) is 0 Å². The van der Waals surface area contributed by atoms with Crippen LogP contribution in [0.5, 0.6) is 11.5 Å². The van der Waals surface area contributed by atoms with Gasteiger partial charge in [-0.3, -0.25) is 5.32 Å². The summed E-state index contributed by atoms with van der Waals surface area (Å²) in [6.45, 7) is 0. The molecule has 0 aliphatic rings. The van der Waals surface area contributed by atoms with Crippen molar-refractivity contribution in [2.45, 2.75) is 0 Å². The van der Waals surface area contributed by atoms with Gasteiger partial charge in [-0.2, -0.15) is 0 Å². The topological polar surface area (TPSA) is 58.6 Å². The highest BCUT2D eigenvalue weighted by molar-refractivity contribution is 6.01. The number of anilines is 1. The summed E-state index contributed by atoms with van der Waals surface area (Å²) in [6.07, 6.45) is -0.572. The fourth-order valence-electron chi connectivity index (χ4n) is 2.10. The maximum atomic E-state index is 11.9. The molecule has 0 saturated carbocycles. The van der Waals surface area contributed by atoms with Crippen LogP contribution in [0.2, 0.25) is 0 Å². The molecule has 2 N–H and O–H groups in total. The summed E-state index contributed by atoms with van der Waals surface area (Å²) in [7, 11) is 0. The van der Waals surface area contributed by atoms with Crippen LogP contribution in [-0.2, 0) is 0 Å². The normalized spacial score (nSPS) is 10.3. The lowest BCUT2D eigenvalue weighted by atomic mass is 10.1. The molecule has 0 aliphatic heterocycles. The van der Waals surface area contributed by atoms with Gasteiger partial charge in [-0.1, -0.05) is 36.4 Å². The number of ether oxygens (including phenoxy) is 1. The van der Waals surface area contributed by atoms with Crippen LogP contribution in [0.1, 0.15) is 0 Å². The fourth-order valence-corrected chi connectivity index (χ4v) is 2.10. The van der Waals surface area contributed by atoms with Gasteiger partial charge in [-0.05, 0) is 35.7 Å². The molecule has 0 spiro atoms. The standard InChI is InChI=1S/C17H13NO3/c19-13-10-9-12-5-4-8-16(15(12)11-13)18-17(20)21-14-6-2-1-3-7-14/h1-11,19H,(H,18,20). The predicted octanol–water partition coefficient (Wildman–Crippen LogP) is 4.16.